The maximum Gasteiger partial charge on any atom is 0.326 e. The number of hydrogen-bond donors (Lipinski definition) is 2. The first-order valence-electron chi connectivity index (χ1n) is 12.7. The Balaban J connectivity index is 1.29. The molecule has 3 saturated heterocycles. The van der Waals surface area contributed by atoms with Gasteiger partial charge in [-0.15, -0.1) is 0 Å². The Morgan fingerprint density at radius 2 is 2.12 bits per heavy atom. The lowest BCUT2D eigenvalue weighted by Gasteiger charge is -2.53. The van der Waals surface area contributed by atoms with Gasteiger partial charge in [0.2, 0.25) is 17.7 Å². The molecule has 0 bridgehead atoms. The number of carboxylic acid groups (broad SMARTS) is 1. The van der Waals surface area contributed by atoms with E-state index in [-0.39, 0.29) is 30.8 Å². The molecule has 1 spiro atoms. The number of aromatic nitrogens is 5. The summed E-state index contributed by atoms with van der Waals surface area (Å²) in [5.41, 5.74) is 0.729. The van der Waals surface area contributed by atoms with Gasteiger partial charge in [-0.3, -0.25) is 0 Å². The Bertz CT molecular complexity index is 1390. The van der Waals surface area contributed by atoms with E-state index in [1.165, 1.54) is 4.90 Å². The van der Waals surface area contributed by atoms with Crippen LogP contribution in [0.3, 0.4) is 0 Å². The number of carboxylic acids is 1. The summed E-state index contributed by atoms with van der Waals surface area (Å²) in [6.07, 6.45) is -0.319. The molecule has 3 aromatic heterocycles. The van der Waals surface area contributed by atoms with Crippen molar-refractivity contribution in [3.8, 4) is 17.4 Å². The number of aromatic amines is 1. The Kier molecular flexibility index (Phi) is 7.04. The number of nitrogens with one attached hydrogen (secondary N) is 1. The molecule has 0 unspecified atom stereocenters. The van der Waals surface area contributed by atoms with E-state index < -0.39 is 36.0 Å². The van der Waals surface area contributed by atoms with Gasteiger partial charge in [0.15, 0.2) is 5.82 Å². The number of H-pyrrole nitrogens is 1. The lowest BCUT2D eigenvalue weighted by atomic mass is 9.90. The van der Waals surface area contributed by atoms with Crippen molar-refractivity contribution >= 4 is 33.5 Å². The first-order valence-corrected chi connectivity index (χ1v) is 13.5. The molecule has 40 heavy (non-hydrogen) atoms. The van der Waals surface area contributed by atoms with Gasteiger partial charge in [-0.1, -0.05) is 0 Å². The van der Waals surface area contributed by atoms with Crippen LogP contribution >= 0.6 is 15.9 Å². The predicted octanol–water partition coefficient (Wildman–Crippen LogP) is 3.07. The molecular weight excluding hydrogens is 596 g/mol. The summed E-state index contributed by atoms with van der Waals surface area (Å²) in [7, 11) is 0. The number of ether oxygens (including phenoxy) is 3. The minimum atomic E-state index is -2.97. The lowest BCUT2D eigenvalue weighted by Crippen LogP contribution is -2.68. The quantitative estimate of drug-likeness (QED) is 0.402. The van der Waals surface area contributed by atoms with Crippen molar-refractivity contribution in [2.45, 2.75) is 43.6 Å². The molecule has 0 radical (unpaired) electrons. The van der Waals surface area contributed by atoms with E-state index in [1.807, 2.05) is 6.07 Å². The third-order valence-corrected chi connectivity index (χ3v) is 7.94. The highest BCUT2D eigenvalue weighted by Gasteiger charge is 2.50. The summed E-state index contributed by atoms with van der Waals surface area (Å²) < 4.78 is 45.9. The second-order valence-electron chi connectivity index (χ2n) is 9.94. The molecule has 0 saturated carbocycles. The van der Waals surface area contributed by atoms with Crippen molar-refractivity contribution in [1.29, 1.82) is 0 Å². The van der Waals surface area contributed by atoms with E-state index in [2.05, 4.69) is 52.7 Å². The van der Waals surface area contributed by atoms with E-state index in [0.29, 0.717) is 37.9 Å². The van der Waals surface area contributed by atoms with Gasteiger partial charge in [0.05, 0.1) is 38.1 Å². The predicted molar refractivity (Wildman–Crippen MR) is 141 cm³/mol. The zero-order valence-corrected chi connectivity index (χ0v) is 22.9. The van der Waals surface area contributed by atoms with E-state index in [4.69, 9.17) is 14.2 Å². The van der Waals surface area contributed by atoms with Gasteiger partial charge in [-0.25, -0.2) is 23.5 Å². The number of rotatable bonds is 7. The van der Waals surface area contributed by atoms with Crippen LogP contribution in [0, 0.1) is 0 Å². The second-order valence-corrected chi connectivity index (χ2v) is 10.9. The van der Waals surface area contributed by atoms with Crippen molar-refractivity contribution < 1.29 is 32.9 Å². The maximum atomic E-state index is 13.7. The highest BCUT2D eigenvalue weighted by atomic mass is 79.9. The average molecular weight is 622 g/mol. The standard InChI is InChI=1S/C25H26BrF2N7O5/c1-13-25(11-38-12-25)39-6-5-34(13)17-7-14(26)9-30-22(17)40-15-8-18(23(36)37)35(10-15)24-32-20(16-3-2-4-29-16)31-21(33-24)19(27)28/h2-4,7,9,13,15,18-19,29H,5-6,8,10-12H2,1H3,(H,36,37)/t13-,15-,18-/m0/s1. The van der Waals surface area contributed by atoms with Crippen LogP contribution in [0.25, 0.3) is 11.5 Å². The minimum absolute atomic E-state index is 0.00845. The molecule has 3 fully saturated rings. The number of hydrogen-bond acceptors (Lipinski definition) is 10. The second kappa shape index (κ2) is 10.5. The van der Waals surface area contributed by atoms with E-state index in [9.17, 15) is 18.7 Å². The molecule has 212 valence electrons. The molecule has 12 nitrogen and oxygen atoms in total. The summed E-state index contributed by atoms with van der Waals surface area (Å²) in [6.45, 7) is 4.21. The lowest BCUT2D eigenvalue weighted by molar-refractivity contribution is -0.228. The smallest absolute Gasteiger partial charge is 0.326 e. The molecule has 3 atom stereocenters. The number of carbonyl (C=O) groups is 1. The molecule has 0 amide bonds. The van der Waals surface area contributed by atoms with Gasteiger partial charge in [0.1, 0.15) is 23.4 Å². The van der Waals surface area contributed by atoms with E-state index in [0.717, 1.165) is 10.2 Å². The fraction of sp³-hybridized carbons (Fsp3) is 0.480. The van der Waals surface area contributed by atoms with Gasteiger partial charge in [-0.2, -0.15) is 9.97 Å². The first kappa shape index (κ1) is 26.8. The highest BCUT2D eigenvalue weighted by Crippen LogP contribution is 2.40. The van der Waals surface area contributed by atoms with Crippen LogP contribution in [0.1, 0.15) is 25.6 Å². The maximum absolute atomic E-state index is 13.7. The average Bonchev–Trinajstić information content (AvgIpc) is 3.60. The highest BCUT2D eigenvalue weighted by molar-refractivity contribution is 9.10. The molecule has 2 N–H and O–H groups in total. The Labute approximate surface area is 235 Å². The Hall–Kier alpha value is -3.43. The topological polar surface area (TPSA) is 139 Å². The third kappa shape index (κ3) is 4.86. The van der Waals surface area contributed by atoms with Gasteiger partial charge >= 0.3 is 5.97 Å². The first-order chi connectivity index (χ1) is 19.2. The van der Waals surface area contributed by atoms with Crippen LogP contribution in [-0.4, -0.2) is 92.7 Å². The SMILES string of the molecule is C[C@@H]1N(c2cc(Br)cnc2O[C@H]2C[C@@H](C(=O)O)N(c3nc(-c4ccc[nH]4)nc(C(F)F)n3)C2)CCOC12COC2. The minimum Gasteiger partial charge on any atom is -0.480 e. The van der Waals surface area contributed by atoms with Crippen molar-refractivity contribution in [1.82, 2.24) is 24.9 Å². The van der Waals surface area contributed by atoms with Crippen molar-refractivity contribution in [3.05, 3.63) is 40.9 Å². The van der Waals surface area contributed by atoms with Gasteiger partial charge in [0.25, 0.3) is 6.43 Å². The zero-order chi connectivity index (χ0) is 28.0. The van der Waals surface area contributed by atoms with Crippen LogP contribution in [-0.2, 0) is 14.3 Å². The van der Waals surface area contributed by atoms with Crippen LogP contribution in [0.15, 0.2) is 35.1 Å². The monoisotopic (exact) mass is 621 g/mol. The molecule has 15 heteroatoms. The number of nitrogens with zero attached hydrogens (tertiary/aromatic N) is 6. The largest absolute Gasteiger partial charge is 0.480 e. The van der Waals surface area contributed by atoms with Crippen LogP contribution < -0.4 is 14.5 Å². The normalized spacial score (nSPS) is 24.0. The summed E-state index contributed by atoms with van der Waals surface area (Å²) in [5, 5.41) is 10.0. The number of morpholine rings is 1. The fourth-order valence-electron chi connectivity index (χ4n) is 5.31. The van der Waals surface area contributed by atoms with Crippen molar-refractivity contribution in [3.63, 3.8) is 0 Å². The van der Waals surface area contributed by atoms with Gasteiger partial charge in [0, 0.05) is 29.8 Å². The summed E-state index contributed by atoms with van der Waals surface area (Å²) in [4.78, 5) is 35.2. The van der Waals surface area contributed by atoms with E-state index in [1.54, 1.807) is 24.5 Å². The number of pyridine rings is 1. The van der Waals surface area contributed by atoms with Crippen LogP contribution in [0.5, 0.6) is 5.88 Å². The number of halogens is 3. The fourth-order valence-corrected chi connectivity index (χ4v) is 5.63. The summed E-state index contributed by atoms with van der Waals surface area (Å²) in [5.74, 6) is -1.73. The Morgan fingerprint density at radius 3 is 2.80 bits per heavy atom. The zero-order valence-electron chi connectivity index (χ0n) is 21.3. The number of alkyl halides is 2. The number of anilines is 2. The van der Waals surface area contributed by atoms with E-state index >= 15 is 0 Å². The summed E-state index contributed by atoms with van der Waals surface area (Å²) in [6, 6.07) is 4.09. The Morgan fingerprint density at radius 1 is 1.30 bits per heavy atom. The van der Waals surface area contributed by atoms with Crippen LogP contribution in [0.2, 0.25) is 0 Å². The molecular formula is C25H26BrF2N7O5. The molecule has 3 aromatic rings. The van der Waals surface area contributed by atoms with Gasteiger partial charge in [-0.05, 0) is 41.1 Å². The molecule has 3 aliphatic heterocycles. The van der Waals surface area contributed by atoms with Crippen molar-refractivity contribution in [2.24, 2.45) is 0 Å². The van der Waals surface area contributed by atoms with Crippen molar-refractivity contribution in [2.75, 3.05) is 42.7 Å². The molecule has 6 rings (SSSR count). The molecule has 0 aromatic carbocycles. The molecule has 3 aliphatic rings. The van der Waals surface area contributed by atoms with Gasteiger partial charge < -0.3 is 34.1 Å². The summed E-state index contributed by atoms with van der Waals surface area (Å²) >= 11 is 3.49. The van der Waals surface area contributed by atoms with Crippen LogP contribution in [0.4, 0.5) is 20.4 Å². The third-order valence-electron chi connectivity index (χ3n) is 7.51. The molecule has 0 aliphatic carbocycles. The molecule has 6 heterocycles. The number of aliphatic carboxylic acids is 1.